The minimum atomic E-state index is 0.0529. The van der Waals surface area contributed by atoms with Gasteiger partial charge in [-0.3, -0.25) is 9.59 Å². The van der Waals surface area contributed by atoms with Gasteiger partial charge in [-0.25, -0.2) is 0 Å². The summed E-state index contributed by atoms with van der Waals surface area (Å²) in [6.45, 7) is 8.21. The third kappa shape index (κ3) is 6.04. The van der Waals surface area contributed by atoms with Gasteiger partial charge in [-0.1, -0.05) is 25.1 Å². The van der Waals surface area contributed by atoms with Crippen molar-refractivity contribution < 1.29 is 9.59 Å². The molecule has 2 rings (SSSR count). The van der Waals surface area contributed by atoms with Crippen LogP contribution in [0, 0.1) is 5.92 Å². The van der Waals surface area contributed by atoms with Crippen LogP contribution in [-0.2, 0) is 9.59 Å². The van der Waals surface area contributed by atoms with E-state index in [4.69, 9.17) is 0 Å². The van der Waals surface area contributed by atoms with Crippen molar-refractivity contribution in [2.24, 2.45) is 5.92 Å². The van der Waals surface area contributed by atoms with Crippen molar-refractivity contribution >= 4 is 17.5 Å². The van der Waals surface area contributed by atoms with Gasteiger partial charge in [0.05, 0.1) is 0 Å². The van der Waals surface area contributed by atoms with Crippen molar-refractivity contribution in [2.45, 2.75) is 46.0 Å². The highest BCUT2D eigenvalue weighted by Gasteiger charge is 2.26. The van der Waals surface area contributed by atoms with E-state index in [9.17, 15) is 9.59 Å². The molecule has 1 fully saturated rings. The molecule has 1 aromatic rings. The van der Waals surface area contributed by atoms with Gasteiger partial charge in [0, 0.05) is 50.7 Å². The van der Waals surface area contributed by atoms with Gasteiger partial charge >= 0.3 is 0 Å². The van der Waals surface area contributed by atoms with Crippen LogP contribution in [0.5, 0.6) is 0 Å². The van der Waals surface area contributed by atoms with Crippen molar-refractivity contribution in [3.05, 3.63) is 30.3 Å². The summed E-state index contributed by atoms with van der Waals surface area (Å²) in [5.74, 6) is 0.430. The van der Waals surface area contributed by atoms with Crippen LogP contribution in [-0.4, -0.2) is 49.4 Å². The maximum Gasteiger partial charge on any atom is 0.223 e. The summed E-state index contributed by atoms with van der Waals surface area (Å²) in [5, 5.41) is 3.08. The number of nitrogens with one attached hydrogen (secondary N) is 1. The Morgan fingerprint density at radius 2 is 1.85 bits per heavy atom. The molecule has 1 saturated heterocycles. The van der Waals surface area contributed by atoms with Gasteiger partial charge in [-0.15, -0.1) is 0 Å². The Hall–Kier alpha value is -2.04. The number of rotatable bonds is 9. The lowest BCUT2D eigenvalue weighted by molar-refractivity contribution is -0.135. The maximum atomic E-state index is 12.4. The van der Waals surface area contributed by atoms with Gasteiger partial charge in [0.15, 0.2) is 0 Å². The highest BCUT2D eigenvalue weighted by Crippen LogP contribution is 2.18. The largest absolute Gasteiger partial charge is 0.372 e. The zero-order valence-electron chi connectivity index (χ0n) is 16.2. The monoisotopic (exact) mass is 359 g/mol. The van der Waals surface area contributed by atoms with Crippen molar-refractivity contribution in [2.75, 3.05) is 37.6 Å². The van der Waals surface area contributed by atoms with E-state index >= 15 is 0 Å². The van der Waals surface area contributed by atoms with Crippen molar-refractivity contribution in [3.8, 4) is 0 Å². The van der Waals surface area contributed by atoms with E-state index in [2.05, 4.69) is 41.4 Å². The summed E-state index contributed by atoms with van der Waals surface area (Å²) in [7, 11) is 0. The molecule has 0 unspecified atom stereocenters. The summed E-state index contributed by atoms with van der Waals surface area (Å²) >= 11 is 0. The molecule has 1 heterocycles. The molecule has 26 heavy (non-hydrogen) atoms. The molecule has 1 aromatic carbocycles. The third-order valence-corrected chi connectivity index (χ3v) is 5.09. The quantitative estimate of drug-likeness (QED) is 0.690. The molecule has 0 spiro atoms. The number of hydrogen-bond acceptors (Lipinski definition) is 3. The van der Waals surface area contributed by atoms with E-state index in [0.29, 0.717) is 26.1 Å². The zero-order valence-corrected chi connectivity index (χ0v) is 16.2. The number of anilines is 1. The molecule has 0 atom stereocenters. The Morgan fingerprint density at radius 1 is 1.15 bits per heavy atom. The highest BCUT2D eigenvalue weighted by atomic mass is 16.2. The van der Waals surface area contributed by atoms with Crippen LogP contribution in [0.15, 0.2) is 30.3 Å². The zero-order chi connectivity index (χ0) is 18.8. The first kappa shape index (κ1) is 20.3. The van der Waals surface area contributed by atoms with Gasteiger partial charge in [-0.05, 0) is 44.7 Å². The number of hydrogen-bond donors (Lipinski definition) is 1. The Kier molecular flexibility index (Phi) is 8.45. The lowest BCUT2D eigenvalue weighted by atomic mass is 9.95. The lowest BCUT2D eigenvalue weighted by Gasteiger charge is -2.31. The van der Waals surface area contributed by atoms with E-state index in [1.807, 2.05) is 17.9 Å². The second-order valence-electron chi connectivity index (χ2n) is 6.96. The fraction of sp³-hybridized carbons (Fsp3) is 0.619. The predicted octanol–water partition coefficient (Wildman–Crippen LogP) is 3.06. The molecule has 1 aliphatic heterocycles. The van der Waals surface area contributed by atoms with Crippen molar-refractivity contribution in [1.82, 2.24) is 10.2 Å². The smallest absolute Gasteiger partial charge is 0.223 e. The van der Waals surface area contributed by atoms with Crippen LogP contribution < -0.4 is 10.2 Å². The Morgan fingerprint density at radius 3 is 2.46 bits per heavy atom. The molecule has 144 valence electrons. The van der Waals surface area contributed by atoms with Crippen LogP contribution >= 0.6 is 0 Å². The number of nitrogens with zero attached hydrogens (tertiary/aromatic N) is 2. The van der Waals surface area contributed by atoms with Crippen LogP contribution in [0.25, 0.3) is 0 Å². The Balaban J connectivity index is 1.65. The standard InChI is InChI=1S/C21H33N3O2/c1-3-9-20(25)24-16-12-18(13-17-24)21(26)22-14-8-15-23(4-2)19-10-6-5-7-11-19/h5-7,10-11,18H,3-4,8-9,12-17H2,1-2H3,(H,22,26). The third-order valence-electron chi connectivity index (χ3n) is 5.09. The van der Waals surface area contributed by atoms with Crippen LogP contribution in [0.4, 0.5) is 5.69 Å². The fourth-order valence-electron chi connectivity index (χ4n) is 3.50. The van der Waals surface area contributed by atoms with Gasteiger partial charge < -0.3 is 15.1 Å². The highest BCUT2D eigenvalue weighted by molar-refractivity contribution is 5.80. The van der Waals surface area contributed by atoms with Gasteiger partial charge in [0.2, 0.25) is 11.8 Å². The summed E-state index contributed by atoms with van der Waals surface area (Å²) in [5.41, 5.74) is 1.23. The first-order valence-electron chi connectivity index (χ1n) is 10.0. The number of para-hydroxylation sites is 1. The molecule has 0 bridgehead atoms. The molecular formula is C21H33N3O2. The normalized spacial score (nSPS) is 14.9. The second-order valence-corrected chi connectivity index (χ2v) is 6.96. The Bertz CT molecular complexity index is 554. The summed E-state index contributed by atoms with van der Waals surface area (Å²) < 4.78 is 0. The molecule has 0 saturated carbocycles. The van der Waals surface area contributed by atoms with Crippen LogP contribution in [0.2, 0.25) is 0 Å². The number of amides is 2. The minimum Gasteiger partial charge on any atom is -0.372 e. The predicted molar refractivity (Wildman–Crippen MR) is 106 cm³/mol. The summed E-state index contributed by atoms with van der Waals surface area (Å²) in [4.78, 5) is 28.5. The number of likely N-dealkylation sites (tertiary alicyclic amines) is 1. The van der Waals surface area contributed by atoms with E-state index in [1.165, 1.54) is 5.69 Å². The number of carbonyl (C=O) groups excluding carboxylic acids is 2. The molecule has 1 aliphatic rings. The fourth-order valence-corrected chi connectivity index (χ4v) is 3.50. The van der Waals surface area contributed by atoms with E-state index in [0.717, 1.165) is 38.8 Å². The number of piperidine rings is 1. The molecule has 1 N–H and O–H groups in total. The average molecular weight is 360 g/mol. The molecule has 0 aromatic heterocycles. The molecule has 5 heteroatoms. The molecular weight excluding hydrogens is 326 g/mol. The second kappa shape index (κ2) is 10.8. The number of carbonyl (C=O) groups is 2. The van der Waals surface area contributed by atoms with E-state index in [-0.39, 0.29) is 17.7 Å². The SMILES string of the molecule is CCCC(=O)N1CCC(C(=O)NCCCN(CC)c2ccccc2)CC1. The summed E-state index contributed by atoms with van der Waals surface area (Å²) in [6, 6.07) is 10.4. The topological polar surface area (TPSA) is 52.7 Å². The maximum absolute atomic E-state index is 12.4. The molecule has 0 radical (unpaired) electrons. The average Bonchev–Trinajstić information content (AvgIpc) is 2.69. The van der Waals surface area contributed by atoms with E-state index < -0.39 is 0 Å². The first-order chi connectivity index (χ1) is 12.7. The molecule has 5 nitrogen and oxygen atoms in total. The molecule has 2 amide bonds. The minimum absolute atomic E-state index is 0.0529. The van der Waals surface area contributed by atoms with Crippen LogP contribution in [0.3, 0.4) is 0 Å². The van der Waals surface area contributed by atoms with Gasteiger partial charge in [0.1, 0.15) is 0 Å². The Labute approximate surface area is 157 Å². The van der Waals surface area contributed by atoms with Crippen LogP contribution in [0.1, 0.15) is 46.0 Å². The summed E-state index contributed by atoms with van der Waals surface area (Å²) in [6.07, 6.45) is 4.00. The molecule has 0 aliphatic carbocycles. The first-order valence-corrected chi connectivity index (χ1v) is 10.0. The lowest BCUT2D eigenvalue weighted by Crippen LogP contribution is -2.43. The van der Waals surface area contributed by atoms with Gasteiger partial charge in [-0.2, -0.15) is 0 Å². The van der Waals surface area contributed by atoms with Crippen molar-refractivity contribution in [1.29, 1.82) is 0 Å². The van der Waals surface area contributed by atoms with E-state index in [1.54, 1.807) is 0 Å². The van der Waals surface area contributed by atoms with Gasteiger partial charge in [0.25, 0.3) is 0 Å². The van der Waals surface area contributed by atoms with Crippen molar-refractivity contribution in [3.63, 3.8) is 0 Å². The number of benzene rings is 1.